The minimum absolute atomic E-state index is 0.00479. The number of anilines is 1. The van der Waals surface area contributed by atoms with Gasteiger partial charge >= 0.3 is 0 Å². The number of aromatic nitrogens is 1. The van der Waals surface area contributed by atoms with Gasteiger partial charge < -0.3 is 10.6 Å². The van der Waals surface area contributed by atoms with Gasteiger partial charge in [0.05, 0.1) is 6.54 Å². The van der Waals surface area contributed by atoms with Crippen molar-refractivity contribution in [1.82, 2.24) is 15.2 Å². The third-order valence-corrected chi connectivity index (χ3v) is 3.31. The van der Waals surface area contributed by atoms with Gasteiger partial charge in [0.1, 0.15) is 5.82 Å². The number of nitrogens with zero attached hydrogens (tertiary/aromatic N) is 2. The van der Waals surface area contributed by atoms with Crippen LogP contribution in [0.3, 0.4) is 0 Å². The maximum absolute atomic E-state index is 11.9. The molecule has 5 nitrogen and oxygen atoms in total. The van der Waals surface area contributed by atoms with Crippen molar-refractivity contribution in [1.29, 1.82) is 0 Å². The molecule has 2 heterocycles. The highest BCUT2D eigenvalue weighted by molar-refractivity contribution is 9.10. The Morgan fingerprint density at radius 3 is 2.94 bits per heavy atom. The normalized spacial score (nSPS) is 16.6. The summed E-state index contributed by atoms with van der Waals surface area (Å²) in [7, 11) is 0. The second kappa shape index (κ2) is 6.26. The number of amides is 1. The highest BCUT2D eigenvalue weighted by Gasteiger charge is 2.14. The minimum Gasteiger partial charge on any atom is -0.314 e. The first-order chi connectivity index (χ1) is 8.65. The van der Waals surface area contributed by atoms with Crippen molar-refractivity contribution in [3.8, 4) is 0 Å². The number of carbonyl (C=O) groups is 1. The molecule has 1 fully saturated rings. The molecule has 0 aromatic carbocycles. The van der Waals surface area contributed by atoms with Crippen molar-refractivity contribution in [3.05, 3.63) is 22.3 Å². The van der Waals surface area contributed by atoms with Gasteiger partial charge in [-0.3, -0.25) is 9.69 Å². The maximum Gasteiger partial charge on any atom is 0.239 e. The first-order valence-electron chi connectivity index (χ1n) is 6.00. The average molecular weight is 313 g/mol. The van der Waals surface area contributed by atoms with Crippen LogP contribution in [0.4, 0.5) is 5.82 Å². The SMILES string of the molecule is Cc1cc(Br)cnc1NC(=O)CN1CCNCC1. The predicted molar refractivity (Wildman–Crippen MR) is 74.6 cm³/mol. The van der Waals surface area contributed by atoms with Gasteiger partial charge in [0.2, 0.25) is 5.91 Å². The molecule has 1 amide bonds. The van der Waals surface area contributed by atoms with Crippen LogP contribution in [-0.4, -0.2) is 48.5 Å². The Morgan fingerprint density at radius 1 is 1.56 bits per heavy atom. The molecule has 0 spiro atoms. The molecule has 0 atom stereocenters. The molecule has 0 saturated carbocycles. The van der Waals surface area contributed by atoms with Gasteiger partial charge in [-0.2, -0.15) is 0 Å². The van der Waals surface area contributed by atoms with Crippen molar-refractivity contribution in [2.75, 3.05) is 38.0 Å². The van der Waals surface area contributed by atoms with Crippen molar-refractivity contribution in [2.24, 2.45) is 0 Å². The fourth-order valence-corrected chi connectivity index (χ4v) is 2.36. The van der Waals surface area contributed by atoms with E-state index in [-0.39, 0.29) is 5.91 Å². The molecule has 0 aliphatic carbocycles. The van der Waals surface area contributed by atoms with Gasteiger partial charge in [-0.15, -0.1) is 0 Å². The highest BCUT2D eigenvalue weighted by atomic mass is 79.9. The lowest BCUT2D eigenvalue weighted by Gasteiger charge is -2.26. The smallest absolute Gasteiger partial charge is 0.239 e. The summed E-state index contributed by atoms with van der Waals surface area (Å²) in [6, 6.07) is 1.94. The van der Waals surface area contributed by atoms with E-state index in [0.29, 0.717) is 12.4 Å². The molecule has 1 aromatic heterocycles. The molecular formula is C12H17BrN4O. The summed E-state index contributed by atoms with van der Waals surface area (Å²) in [6.45, 7) is 6.09. The third kappa shape index (κ3) is 3.76. The van der Waals surface area contributed by atoms with E-state index in [9.17, 15) is 4.79 Å². The topological polar surface area (TPSA) is 57.3 Å². The standard InChI is InChI=1S/C12H17BrN4O/c1-9-6-10(13)7-15-12(9)16-11(18)8-17-4-2-14-3-5-17/h6-7,14H,2-5,8H2,1H3,(H,15,16,18). The van der Waals surface area contributed by atoms with E-state index in [1.54, 1.807) is 6.20 Å². The quantitative estimate of drug-likeness (QED) is 0.874. The van der Waals surface area contributed by atoms with E-state index in [2.05, 4.69) is 36.4 Å². The predicted octanol–water partition coefficient (Wildman–Crippen LogP) is 0.996. The summed E-state index contributed by atoms with van der Waals surface area (Å²) in [4.78, 5) is 18.2. The first-order valence-corrected chi connectivity index (χ1v) is 6.79. The molecule has 1 saturated heterocycles. The number of hydrogen-bond donors (Lipinski definition) is 2. The number of rotatable bonds is 3. The van der Waals surface area contributed by atoms with Crippen molar-refractivity contribution in [2.45, 2.75) is 6.92 Å². The van der Waals surface area contributed by atoms with Crippen LogP contribution in [0.15, 0.2) is 16.7 Å². The summed E-state index contributed by atoms with van der Waals surface area (Å²) in [5.41, 5.74) is 0.957. The van der Waals surface area contributed by atoms with Crippen LogP contribution >= 0.6 is 15.9 Å². The fraction of sp³-hybridized carbons (Fsp3) is 0.500. The summed E-state index contributed by atoms with van der Waals surface area (Å²) in [5.74, 6) is 0.633. The lowest BCUT2D eigenvalue weighted by Crippen LogP contribution is -2.46. The number of halogens is 1. The number of pyridine rings is 1. The zero-order valence-electron chi connectivity index (χ0n) is 10.4. The zero-order valence-corrected chi connectivity index (χ0v) is 12.0. The van der Waals surface area contributed by atoms with Crippen LogP contribution < -0.4 is 10.6 Å². The Bertz CT molecular complexity index is 432. The first kappa shape index (κ1) is 13.5. The van der Waals surface area contributed by atoms with Gasteiger partial charge in [-0.05, 0) is 34.5 Å². The Labute approximate surface area is 115 Å². The Balaban J connectivity index is 1.90. The van der Waals surface area contributed by atoms with E-state index in [1.807, 2.05) is 13.0 Å². The molecule has 0 radical (unpaired) electrons. The average Bonchev–Trinajstić information content (AvgIpc) is 2.34. The maximum atomic E-state index is 11.9. The number of nitrogens with one attached hydrogen (secondary N) is 2. The van der Waals surface area contributed by atoms with Gasteiger partial charge in [0.15, 0.2) is 0 Å². The van der Waals surface area contributed by atoms with Crippen molar-refractivity contribution < 1.29 is 4.79 Å². The molecule has 6 heteroatoms. The summed E-state index contributed by atoms with van der Waals surface area (Å²) in [6.07, 6.45) is 1.69. The zero-order chi connectivity index (χ0) is 13.0. The molecule has 18 heavy (non-hydrogen) atoms. The number of aryl methyl sites for hydroxylation is 1. The van der Waals surface area contributed by atoms with Gasteiger partial charge in [-0.25, -0.2) is 4.98 Å². The second-order valence-electron chi connectivity index (χ2n) is 4.39. The summed E-state index contributed by atoms with van der Waals surface area (Å²) in [5, 5.41) is 6.11. The van der Waals surface area contributed by atoms with Crippen LogP contribution in [0.2, 0.25) is 0 Å². The molecule has 1 aliphatic heterocycles. The van der Waals surface area contributed by atoms with E-state index < -0.39 is 0 Å². The van der Waals surface area contributed by atoms with Crippen LogP contribution in [0.1, 0.15) is 5.56 Å². The van der Waals surface area contributed by atoms with Crippen LogP contribution in [0.5, 0.6) is 0 Å². The molecule has 0 bridgehead atoms. The monoisotopic (exact) mass is 312 g/mol. The summed E-state index contributed by atoms with van der Waals surface area (Å²) < 4.78 is 0.917. The minimum atomic E-state index is -0.00479. The molecule has 1 aliphatic rings. The molecule has 2 N–H and O–H groups in total. The molecule has 98 valence electrons. The second-order valence-corrected chi connectivity index (χ2v) is 5.31. The van der Waals surface area contributed by atoms with Gasteiger partial charge in [0, 0.05) is 36.8 Å². The van der Waals surface area contributed by atoms with E-state index in [0.717, 1.165) is 36.2 Å². The van der Waals surface area contributed by atoms with Crippen molar-refractivity contribution in [3.63, 3.8) is 0 Å². The number of carbonyl (C=O) groups excluding carboxylic acids is 1. The number of piperazine rings is 1. The lowest BCUT2D eigenvalue weighted by molar-refractivity contribution is -0.117. The molecule has 0 unspecified atom stereocenters. The Morgan fingerprint density at radius 2 is 2.28 bits per heavy atom. The Kier molecular flexibility index (Phi) is 4.68. The van der Waals surface area contributed by atoms with Crippen LogP contribution in [0, 0.1) is 6.92 Å². The molecule has 1 aromatic rings. The van der Waals surface area contributed by atoms with Gasteiger partial charge in [0.25, 0.3) is 0 Å². The van der Waals surface area contributed by atoms with Crippen LogP contribution in [0.25, 0.3) is 0 Å². The fourth-order valence-electron chi connectivity index (χ4n) is 1.92. The van der Waals surface area contributed by atoms with Crippen LogP contribution in [-0.2, 0) is 4.79 Å². The summed E-state index contributed by atoms with van der Waals surface area (Å²) >= 11 is 3.35. The molecular weight excluding hydrogens is 296 g/mol. The van der Waals surface area contributed by atoms with E-state index in [4.69, 9.17) is 0 Å². The van der Waals surface area contributed by atoms with Gasteiger partial charge in [-0.1, -0.05) is 0 Å². The largest absolute Gasteiger partial charge is 0.314 e. The van der Waals surface area contributed by atoms with E-state index >= 15 is 0 Å². The third-order valence-electron chi connectivity index (χ3n) is 2.88. The van der Waals surface area contributed by atoms with Crippen molar-refractivity contribution >= 4 is 27.7 Å². The molecule has 2 rings (SSSR count). The lowest BCUT2D eigenvalue weighted by atomic mass is 10.3. The Hall–Kier alpha value is -0.980. The number of hydrogen-bond acceptors (Lipinski definition) is 4. The van der Waals surface area contributed by atoms with E-state index in [1.165, 1.54) is 0 Å². The highest BCUT2D eigenvalue weighted by Crippen LogP contribution is 2.16.